The van der Waals surface area contributed by atoms with Crippen molar-refractivity contribution in [3.05, 3.63) is 34.3 Å². The average Bonchev–Trinajstić information content (AvgIpc) is 2.31. The standard InChI is InChI=1S/C13H11BrO4/c1-2-18-13(17)11-10(15)5-7-3-4-8(14)6-9(7)12(11)16/h3-6,15-16H,2H2,1H3. The molecular formula is C13H11BrO4. The third-order valence-corrected chi connectivity index (χ3v) is 3.03. The molecule has 94 valence electrons. The highest BCUT2D eigenvalue weighted by Gasteiger charge is 2.20. The van der Waals surface area contributed by atoms with E-state index in [1.165, 1.54) is 6.07 Å². The highest BCUT2D eigenvalue weighted by atomic mass is 79.9. The van der Waals surface area contributed by atoms with Gasteiger partial charge in [-0.05, 0) is 30.5 Å². The predicted molar refractivity (Wildman–Crippen MR) is 70.9 cm³/mol. The van der Waals surface area contributed by atoms with E-state index in [2.05, 4.69) is 15.9 Å². The third kappa shape index (κ3) is 2.13. The van der Waals surface area contributed by atoms with Crippen LogP contribution in [0.25, 0.3) is 10.8 Å². The average molecular weight is 311 g/mol. The minimum atomic E-state index is -0.741. The lowest BCUT2D eigenvalue weighted by Crippen LogP contribution is -2.05. The maximum Gasteiger partial charge on any atom is 0.345 e. The predicted octanol–water partition coefficient (Wildman–Crippen LogP) is 3.19. The Bertz CT molecular complexity index is 622. The van der Waals surface area contributed by atoms with Crippen LogP contribution in [0.3, 0.4) is 0 Å². The summed E-state index contributed by atoms with van der Waals surface area (Å²) in [5.41, 5.74) is -0.206. The molecule has 0 saturated heterocycles. The number of phenolic OH excluding ortho intramolecular Hbond substituents is 2. The second kappa shape index (κ2) is 4.86. The maximum absolute atomic E-state index is 11.7. The van der Waals surface area contributed by atoms with Gasteiger partial charge in [-0.15, -0.1) is 0 Å². The molecule has 0 fully saturated rings. The molecule has 0 atom stereocenters. The lowest BCUT2D eigenvalue weighted by atomic mass is 10.0. The number of benzene rings is 2. The van der Waals surface area contributed by atoms with Gasteiger partial charge >= 0.3 is 5.97 Å². The summed E-state index contributed by atoms with van der Waals surface area (Å²) in [6, 6.07) is 6.61. The number of hydrogen-bond acceptors (Lipinski definition) is 4. The topological polar surface area (TPSA) is 66.8 Å². The van der Waals surface area contributed by atoms with Gasteiger partial charge in [-0.2, -0.15) is 0 Å². The number of carbonyl (C=O) groups is 1. The van der Waals surface area contributed by atoms with Gasteiger partial charge in [0.15, 0.2) is 0 Å². The number of aromatic hydroxyl groups is 2. The molecule has 0 heterocycles. The molecule has 4 nitrogen and oxygen atoms in total. The van der Waals surface area contributed by atoms with Gasteiger partial charge in [0.05, 0.1) is 6.61 Å². The van der Waals surface area contributed by atoms with Crippen molar-refractivity contribution in [3.63, 3.8) is 0 Å². The van der Waals surface area contributed by atoms with Crippen molar-refractivity contribution < 1.29 is 19.7 Å². The molecule has 0 amide bonds. The van der Waals surface area contributed by atoms with Crippen LogP contribution in [-0.4, -0.2) is 22.8 Å². The van der Waals surface area contributed by atoms with Crippen LogP contribution in [0.4, 0.5) is 0 Å². The Labute approximate surface area is 112 Å². The number of halogens is 1. The zero-order valence-electron chi connectivity index (χ0n) is 9.61. The van der Waals surface area contributed by atoms with Crippen molar-refractivity contribution in [2.45, 2.75) is 6.92 Å². The lowest BCUT2D eigenvalue weighted by molar-refractivity contribution is 0.0520. The van der Waals surface area contributed by atoms with Crippen molar-refractivity contribution in [2.24, 2.45) is 0 Å². The summed E-state index contributed by atoms with van der Waals surface area (Å²) < 4.78 is 5.57. The van der Waals surface area contributed by atoms with Gasteiger partial charge in [-0.1, -0.05) is 22.0 Å². The van der Waals surface area contributed by atoms with Gasteiger partial charge in [-0.25, -0.2) is 4.79 Å². The zero-order chi connectivity index (χ0) is 13.3. The molecular weight excluding hydrogens is 300 g/mol. The Hall–Kier alpha value is -1.75. The molecule has 0 unspecified atom stereocenters. The fourth-order valence-corrected chi connectivity index (χ4v) is 2.10. The molecule has 0 aliphatic heterocycles. The van der Waals surface area contributed by atoms with E-state index in [0.29, 0.717) is 10.8 Å². The third-order valence-electron chi connectivity index (χ3n) is 2.54. The normalized spacial score (nSPS) is 10.6. The van der Waals surface area contributed by atoms with Crippen LogP contribution in [0.5, 0.6) is 11.5 Å². The van der Waals surface area contributed by atoms with Crippen LogP contribution >= 0.6 is 15.9 Å². The first-order valence-corrected chi connectivity index (χ1v) is 6.15. The Morgan fingerprint density at radius 3 is 2.72 bits per heavy atom. The zero-order valence-corrected chi connectivity index (χ0v) is 11.2. The van der Waals surface area contributed by atoms with E-state index in [1.807, 2.05) is 0 Å². The fourth-order valence-electron chi connectivity index (χ4n) is 1.74. The van der Waals surface area contributed by atoms with E-state index >= 15 is 0 Å². The minimum Gasteiger partial charge on any atom is -0.507 e. The molecule has 0 radical (unpaired) electrons. The van der Waals surface area contributed by atoms with Crippen molar-refractivity contribution in [1.29, 1.82) is 0 Å². The summed E-state index contributed by atoms with van der Waals surface area (Å²) in [5, 5.41) is 21.0. The number of rotatable bonds is 2. The lowest BCUT2D eigenvalue weighted by Gasteiger charge is -2.10. The molecule has 5 heteroatoms. The van der Waals surface area contributed by atoms with Gasteiger partial charge in [0.1, 0.15) is 17.1 Å². The largest absolute Gasteiger partial charge is 0.507 e. The van der Waals surface area contributed by atoms with Crippen LogP contribution < -0.4 is 0 Å². The van der Waals surface area contributed by atoms with Crippen LogP contribution in [0.2, 0.25) is 0 Å². The van der Waals surface area contributed by atoms with E-state index in [1.54, 1.807) is 25.1 Å². The summed E-state index contributed by atoms with van der Waals surface area (Å²) in [7, 11) is 0. The maximum atomic E-state index is 11.7. The van der Waals surface area contributed by atoms with Gasteiger partial charge < -0.3 is 14.9 Å². The van der Waals surface area contributed by atoms with E-state index in [4.69, 9.17) is 4.74 Å². The fraction of sp³-hybridized carbons (Fsp3) is 0.154. The van der Waals surface area contributed by atoms with Crippen molar-refractivity contribution in [2.75, 3.05) is 6.61 Å². The second-order valence-corrected chi connectivity index (χ2v) is 4.62. The number of carbonyl (C=O) groups excluding carboxylic acids is 1. The van der Waals surface area contributed by atoms with Crippen molar-refractivity contribution in [1.82, 2.24) is 0 Å². The second-order valence-electron chi connectivity index (χ2n) is 3.71. The highest BCUT2D eigenvalue weighted by Crippen LogP contribution is 2.37. The summed E-state index contributed by atoms with van der Waals surface area (Å²) in [4.78, 5) is 11.7. The smallest absolute Gasteiger partial charge is 0.345 e. The number of fused-ring (bicyclic) bond motifs is 1. The number of phenols is 2. The summed E-state index contributed by atoms with van der Waals surface area (Å²) in [6.45, 7) is 1.83. The monoisotopic (exact) mass is 310 g/mol. The molecule has 0 aromatic heterocycles. The molecule has 2 rings (SSSR count). The molecule has 18 heavy (non-hydrogen) atoms. The van der Waals surface area contributed by atoms with Crippen LogP contribution in [-0.2, 0) is 4.74 Å². The van der Waals surface area contributed by atoms with E-state index in [0.717, 1.165) is 4.47 Å². The Morgan fingerprint density at radius 2 is 2.06 bits per heavy atom. The molecule has 0 aliphatic carbocycles. The molecule has 0 bridgehead atoms. The molecule has 2 aromatic rings. The molecule has 0 saturated carbocycles. The molecule has 2 N–H and O–H groups in total. The first-order valence-electron chi connectivity index (χ1n) is 5.36. The number of ether oxygens (including phenoxy) is 1. The SMILES string of the molecule is CCOC(=O)c1c(O)cc2ccc(Br)cc2c1O. The summed E-state index contributed by atoms with van der Waals surface area (Å²) >= 11 is 3.29. The van der Waals surface area contributed by atoms with E-state index in [9.17, 15) is 15.0 Å². The first kappa shape index (κ1) is 12.7. The summed E-state index contributed by atoms with van der Waals surface area (Å²) in [6.07, 6.45) is 0. The summed E-state index contributed by atoms with van der Waals surface area (Å²) in [5.74, 6) is -1.31. The number of hydrogen-bond donors (Lipinski definition) is 2. The van der Waals surface area contributed by atoms with Gasteiger partial charge in [0.25, 0.3) is 0 Å². The number of esters is 1. The van der Waals surface area contributed by atoms with Crippen LogP contribution in [0.1, 0.15) is 17.3 Å². The Kier molecular flexibility index (Phi) is 3.43. The van der Waals surface area contributed by atoms with Crippen LogP contribution in [0.15, 0.2) is 28.7 Å². The highest BCUT2D eigenvalue weighted by molar-refractivity contribution is 9.10. The van der Waals surface area contributed by atoms with E-state index in [-0.39, 0.29) is 23.7 Å². The van der Waals surface area contributed by atoms with Crippen LogP contribution in [0, 0.1) is 0 Å². The van der Waals surface area contributed by atoms with Gasteiger partial charge in [0.2, 0.25) is 0 Å². The van der Waals surface area contributed by atoms with Gasteiger partial charge in [-0.3, -0.25) is 0 Å². The Morgan fingerprint density at radius 1 is 1.33 bits per heavy atom. The minimum absolute atomic E-state index is 0.175. The van der Waals surface area contributed by atoms with Crippen molar-refractivity contribution >= 4 is 32.7 Å². The quantitative estimate of drug-likeness (QED) is 0.836. The molecule has 2 aromatic carbocycles. The van der Waals surface area contributed by atoms with E-state index < -0.39 is 5.97 Å². The molecule has 0 spiro atoms. The Balaban J connectivity index is 2.70. The first-order chi connectivity index (χ1) is 8.54. The molecule has 0 aliphatic rings. The van der Waals surface area contributed by atoms with Gasteiger partial charge in [0, 0.05) is 9.86 Å². The van der Waals surface area contributed by atoms with Crippen molar-refractivity contribution in [3.8, 4) is 11.5 Å².